The minimum atomic E-state index is -3.74. The van der Waals surface area contributed by atoms with E-state index >= 15 is 0 Å². The normalized spacial score (nSPS) is 11.6. The van der Waals surface area contributed by atoms with E-state index in [0.717, 1.165) is 0 Å². The smallest absolute Gasteiger partial charge is 0.246 e. The summed E-state index contributed by atoms with van der Waals surface area (Å²) in [4.78, 5) is 16.4. The maximum absolute atomic E-state index is 13.0. The Hall–Kier alpha value is -2.11. The molecule has 1 aromatic heterocycles. The molecule has 1 N–H and O–H groups in total. The quantitative estimate of drug-likeness (QED) is 0.565. The van der Waals surface area contributed by atoms with Crippen LogP contribution in [0.3, 0.4) is 0 Å². The lowest BCUT2D eigenvalue weighted by Crippen LogP contribution is -2.31. The van der Waals surface area contributed by atoms with Gasteiger partial charge in [-0.15, -0.1) is 11.8 Å². The van der Waals surface area contributed by atoms with Gasteiger partial charge in [0.05, 0.1) is 18.1 Å². The van der Waals surface area contributed by atoms with Gasteiger partial charge in [-0.1, -0.05) is 19.0 Å². The van der Waals surface area contributed by atoms with Crippen LogP contribution in [0, 0.1) is 6.92 Å². The summed E-state index contributed by atoms with van der Waals surface area (Å²) in [6.07, 6.45) is 0. The Morgan fingerprint density at radius 3 is 2.59 bits per heavy atom. The van der Waals surface area contributed by atoms with Gasteiger partial charge in [0.1, 0.15) is 10.6 Å². The average molecular weight is 443 g/mol. The molecule has 0 spiro atoms. The van der Waals surface area contributed by atoms with Gasteiger partial charge in [0.25, 0.3) is 0 Å². The highest BCUT2D eigenvalue weighted by Gasteiger charge is 2.26. The molecule has 0 aliphatic carbocycles. The third kappa shape index (κ3) is 6.18. The second-order valence-electron chi connectivity index (χ2n) is 5.95. The maximum Gasteiger partial charge on any atom is 0.246 e. The zero-order valence-corrected chi connectivity index (χ0v) is 18.6. The molecule has 0 saturated heterocycles. The molecule has 2 rings (SSSR count). The fourth-order valence-electron chi connectivity index (χ4n) is 2.60. The molecule has 9 nitrogen and oxygen atoms in total. The molecule has 0 atom stereocenters. The highest BCUT2D eigenvalue weighted by atomic mass is 32.2. The van der Waals surface area contributed by atoms with Crippen LogP contribution in [0.4, 0.5) is 5.69 Å². The molecule has 1 aromatic carbocycles. The number of amides is 1. The summed E-state index contributed by atoms with van der Waals surface area (Å²) in [5, 5.41) is 6.50. The number of benzene rings is 1. The lowest BCUT2D eigenvalue weighted by Gasteiger charge is -2.21. The fraction of sp³-hybridized carbons (Fsp3) is 0.500. The summed E-state index contributed by atoms with van der Waals surface area (Å²) in [6, 6.07) is 4.62. The zero-order valence-electron chi connectivity index (χ0n) is 17.0. The third-order valence-electron chi connectivity index (χ3n) is 3.88. The number of sulfonamides is 1. The number of anilines is 1. The van der Waals surface area contributed by atoms with Gasteiger partial charge in [0.15, 0.2) is 5.82 Å². The van der Waals surface area contributed by atoms with Crippen LogP contribution < -0.4 is 10.1 Å². The van der Waals surface area contributed by atoms with Gasteiger partial charge in [0, 0.05) is 25.7 Å². The predicted molar refractivity (Wildman–Crippen MR) is 112 cm³/mol. The number of hydrogen-bond donors (Lipinski definition) is 1. The Kier molecular flexibility index (Phi) is 8.47. The van der Waals surface area contributed by atoms with Crippen LogP contribution in [0.1, 0.15) is 32.5 Å². The van der Waals surface area contributed by atoms with Crippen molar-refractivity contribution in [2.24, 2.45) is 0 Å². The fourth-order valence-corrected chi connectivity index (χ4v) is 4.87. The van der Waals surface area contributed by atoms with Gasteiger partial charge in [-0.05, 0) is 25.1 Å². The molecule has 0 saturated carbocycles. The van der Waals surface area contributed by atoms with Gasteiger partial charge >= 0.3 is 0 Å². The van der Waals surface area contributed by atoms with Crippen molar-refractivity contribution in [2.75, 3.05) is 30.8 Å². The predicted octanol–water partition coefficient (Wildman–Crippen LogP) is 2.68. The first-order valence-electron chi connectivity index (χ1n) is 9.25. The Balaban J connectivity index is 2.11. The number of ether oxygens (including phenoxy) is 1. The minimum absolute atomic E-state index is 0.0378. The lowest BCUT2D eigenvalue weighted by atomic mass is 10.3. The van der Waals surface area contributed by atoms with E-state index in [1.807, 2.05) is 0 Å². The number of hydrogen-bond acceptors (Lipinski definition) is 8. The standard InChI is InChI=1S/C18H26N4O5S2/c1-5-22(6-2)29(24,25)16-10-14(8-9-15(16)26-7-3)20-18(23)12-28-11-17-19-13(4)27-21-17/h8-10H,5-7,11-12H2,1-4H3,(H,20,23). The minimum Gasteiger partial charge on any atom is -0.492 e. The molecule has 29 heavy (non-hydrogen) atoms. The van der Waals surface area contributed by atoms with Gasteiger partial charge in [0.2, 0.25) is 21.8 Å². The SMILES string of the molecule is CCOc1ccc(NC(=O)CSCc2noc(C)n2)cc1S(=O)(=O)N(CC)CC. The Labute approximate surface area is 175 Å². The third-order valence-corrected chi connectivity index (χ3v) is 6.88. The number of carbonyl (C=O) groups is 1. The van der Waals surface area contributed by atoms with Crippen LogP contribution in [0.15, 0.2) is 27.6 Å². The second-order valence-corrected chi connectivity index (χ2v) is 8.85. The largest absolute Gasteiger partial charge is 0.492 e. The van der Waals surface area contributed by atoms with E-state index in [9.17, 15) is 13.2 Å². The van der Waals surface area contributed by atoms with E-state index in [-0.39, 0.29) is 22.3 Å². The number of nitrogens with zero attached hydrogens (tertiary/aromatic N) is 3. The summed E-state index contributed by atoms with van der Waals surface area (Å²) in [6.45, 7) is 8.04. The first kappa shape index (κ1) is 23.2. The van der Waals surface area contributed by atoms with Crippen LogP contribution >= 0.6 is 11.8 Å². The number of nitrogens with one attached hydrogen (secondary N) is 1. The molecule has 0 aliphatic rings. The number of aryl methyl sites for hydroxylation is 1. The molecule has 0 radical (unpaired) electrons. The van der Waals surface area contributed by atoms with E-state index in [1.54, 1.807) is 39.8 Å². The molecule has 0 fully saturated rings. The highest BCUT2D eigenvalue weighted by molar-refractivity contribution is 7.99. The highest BCUT2D eigenvalue weighted by Crippen LogP contribution is 2.30. The van der Waals surface area contributed by atoms with Crippen LogP contribution in [0.5, 0.6) is 5.75 Å². The average Bonchev–Trinajstić information content (AvgIpc) is 3.09. The first-order valence-corrected chi connectivity index (χ1v) is 11.8. The van der Waals surface area contributed by atoms with E-state index < -0.39 is 10.0 Å². The first-order chi connectivity index (χ1) is 13.8. The van der Waals surface area contributed by atoms with Gasteiger partial charge in [-0.3, -0.25) is 4.79 Å². The van der Waals surface area contributed by atoms with Gasteiger partial charge in [-0.25, -0.2) is 8.42 Å². The molecule has 0 unspecified atom stereocenters. The molecular formula is C18H26N4O5S2. The van der Waals surface area contributed by atoms with E-state index in [0.29, 0.717) is 42.9 Å². The van der Waals surface area contributed by atoms with Crippen molar-refractivity contribution in [2.45, 2.75) is 38.3 Å². The Morgan fingerprint density at radius 2 is 2.00 bits per heavy atom. The van der Waals surface area contributed by atoms with E-state index in [1.165, 1.54) is 22.1 Å². The van der Waals surface area contributed by atoms with Crippen molar-refractivity contribution in [1.29, 1.82) is 0 Å². The van der Waals surface area contributed by atoms with Crippen molar-refractivity contribution >= 4 is 33.4 Å². The van der Waals surface area contributed by atoms with E-state index in [4.69, 9.17) is 9.26 Å². The topological polar surface area (TPSA) is 115 Å². The van der Waals surface area contributed by atoms with Crippen LogP contribution in [-0.4, -0.2) is 54.2 Å². The van der Waals surface area contributed by atoms with Crippen molar-refractivity contribution in [3.8, 4) is 5.75 Å². The Morgan fingerprint density at radius 1 is 1.28 bits per heavy atom. The van der Waals surface area contributed by atoms with Crippen LogP contribution in [0.25, 0.3) is 0 Å². The lowest BCUT2D eigenvalue weighted by molar-refractivity contribution is -0.113. The monoisotopic (exact) mass is 442 g/mol. The summed E-state index contributed by atoms with van der Waals surface area (Å²) < 4.78 is 37.7. The van der Waals surface area contributed by atoms with E-state index in [2.05, 4.69) is 15.5 Å². The molecule has 1 amide bonds. The van der Waals surface area contributed by atoms with Crippen molar-refractivity contribution in [3.63, 3.8) is 0 Å². The number of rotatable bonds is 11. The maximum atomic E-state index is 13.0. The zero-order chi connectivity index (χ0) is 21.4. The molecule has 0 aliphatic heterocycles. The molecule has 0 bridgehead atoms. The summed E-state index contributed by atoms with van der Waals surface area (Å²) in [5.74, 6) is 1.61. The summed E-state index contributed by atoms with van der Waals surface area (Å²) >= 11 is 1.33. The van der Waals surface area contributed by atoms with Crippen molar-refractivity contribution in [3.05, 3.63) is 29.9 Å². The number of carbonyl (C=O) groups excluding carboxylic acids is 1. The molecule has 2 aromatic rings. The molecular weight excluding hydrogens is 416 g/mol. The van der Waals surface area contributed by atoms with Gasteiger partial charge in [-0.2, -0.15) is 9.29 Å². The summed E-state index contributed by atoms with van der Waals surface area (Å²) in [5.41, 5.74) is 0.389. The van der Waals surface area contributed by atoms with Crippen LogP contribution in [0.2, 0.25) is 0 Å². The number of thioether (sulfide) groups is 1. The molecule has 160 valence electrons. The van der Waals surface area contributed by atoms with Crippen molar-refractivity contribution < 1.29 is 22.5 Å². The van der Waals surface area contributed by atoms with Gasteiger partial charge < -0.3 is 14.6 Å². The Bertz CT molecular complexity index is 926. The second kappa shape index (κ2) is 10.6. The van der Waals surface area contributed by atoms with Crippen molar-refractivity contribution in [1.82, 2.24) is 14.4 Å². The molecule has 11 heteroatoms. The van der Waals surface area contributed by atoms with Crippen LogP contribution in [-0.2, 0) is 20.6 Å². The summed E-state index contributed by atoms with van der Waals surface area (Å²) in [7, 11) is -3.74. The molecule has 1 heterocycles. The number of aromatic nitrogens is 2.